The van der Waals surface area contributed by atoms with Crippen molar-refractivity contribution < 1.29 is 0 Å². The van der Waals surface area contributed by atoms with Crippen LogP contribution in [0.3, 0.4) is 0 Å². The van der Waals surface area contributed by atoms with E-state index >= 15 is 0 Å². The summed E-state index contributed by atoms with van der Waals surface area (Å²) in [5, 5.41) is 4.52. The molecule has 0 saturated heterocycles. The van der Waals surface area contributed by atoms with Crippen LogP contribution in [0.5, 0.6) is 0 Å². The van der Waals surface area contributed by atoms with Crippen molar-refractivity contribution in [3.05, 3.63) is 52.8 Å². The molecule has 1 aliphatic carbocycles. The highest BCUT2D eigenvalue weighted by molar-refractivity contribution is 5.40. The number of rotatable bonds is 4. The van der Waals surface area contributed by atoms with Gasteiger partial charge >= 0.3 is 0 Å². The molecule has 1 saturated carbocycles. The number of aromatic nitrogens is 2. The Balaban J connectivity index is 1.99. The van der Waals surface area contributed by atoms with E-state index in [0.29, 0.717) is 5.92 Å². The minimum atomic E-state index is -0.0598. The second-order valence-electron chi connectivity index (χ2n) is 5.79. The van der Waals surface area contributed by atoms with Crippen molar-refractivity contribution in [2.24, 2.45) is 12.8 Å². The maximum absolute atomic E-state index is 6.57. The molecular weight excluding hydrogens is 246 g/mol. The van der Waals surface area contributed by atoms with Crippen LogP contribution in [0.4, 0.5) is 0 Å². The maximum atomic E-state index is 6.57. The van der Waals surface area contributed by atoms with Crippen molar-refractivity contribution in [2.45, 2.75) is 44.6 Å². The molecule has 0 bridgehead atoms. The lowest BCUT2D eigenvalue weighted by molar-refractivity contribution is 0.416. The van der Waals surface area contributed by atoms with Gasteiger partial charge in [0.2, 0.25) is 0 Å². The first kappa shape index (κ1) is 13.4. The van der Waals surface area contributed by atoms with Gasteiger partial charge in [-0.15, -0.1) is 0 Å². The molecule has 1 fully saturated rings. The van der Waals surface area contributed by atoms with Gasteiger partial charge in [0.25, 0.3) is 0 Å². The fraction of sp³-hybridized carbons (Fsp3) is 0.471. The van der Waals surface area contributed by atoms with E-state index in [0.717, 1.165) is 12.1 Å². The van der Waals surface area contributed by atoms with Gasteiger partial charge < -0.3 is 5.73 Å². The third kappa shape index (κ3) is 2.27. The molecule has 0 aliphatic heterocycles. The van der Waals surface area contributed by atoms with E-state index in [9.17, 15) is 0 Å². The van der Waals surface area contributed by atoms with Crippen LogP contribution in [0.1, 0.15) is 60.5 Å². The Morgan fingerprint density at radius 1 is 1.30 bits per heavy atom. The zero-order valence-corrected chi connectivity index (χ0v) is 12.3. The molecule has 1 heterocycles. The minimum Gasteiger partial charge on any atom is -0.320 e. The maximum Gasteiger partial charge on any atom is 0.0672 e. The van der Waals surface area contributed by atoms with Gasteiger partial charge in [-0.1, -0.05) is 37.6 Å². The van der Waals surface area contributed by atoms with Crippen LogP contribution in [-0.2, 0) is 13.5 Å². The van der Waals surface area contributed by atoms with Gasteiger partial charge in [-0.2, -0.15) is 5.10 Å². The molecular formula is C17H23N3. The molecule has 3 rings (SSSR count). The second-order valence-corrected chi connectivity index (χ2v) is 5.79. The Bertz CT molecular complexity index is 596. The van der Waals surface area contributed by atoms with Gasteiger partial charge in [-0.3, -0.25) is 4.68 Å². The van der Waals surface area contributed by atoms with Crippen molar-refractivity contribution in [1.82, 2.24) is 9.78 Å². The Labute approximate surface area is 120 Å². The molecule has 1 aliphatic rings. The first-order valence-corrected chi connectivity index (χ1v) is 7.57. The van der Waals surface area contributed by atoms with E-state index < -0.39 is 0 Å². The number of nitrogens with zero attached hydrogens (tertiary/aromatic N) is 2. The van der Waals surface area contributed by atoms with E-state index in [1.165, 1.54) is 36.0 Å². The molecule has 20 heavy (non-hydrogen) atoms. The van der Waals surface area contributed by atoms with Crippen LogP contribution in [0, 0.1) is 0 Å². The smallest absolute Gasteiger partial charge is 0.0672 e. The third-order valence-electron chi connectivity index (χ3n) is 4.48. The van der Waals surface area contributed by atoms with E-state index in [4.69, 9.17) is 5.73 Å². The molecule has 0 spiro atoms. The summed E-state index contributed by atoms with van der Waals surface area (Å²) in [5.74, 6) is 0.707. The lowest BCUT2D eigenvalue weighted by atomic mass is 9.76. The molecule has 3 heteroatoms. The molecule has 2 aromatic rings. The van der Waals surface area contributed by atoms with Crippen molar-refractivity contribution in [3.63, 3.8) is 0 Å². The number of aryl methyl sites for hydroxylation is 2. The fourth-order valence-electron chi connectivity index (χ4n) is 3.14. The van der Waals surface area contributed by atoms with Crippen LogP contribution in [-0.4, -0.2) is 9.78 Å². The van der Waals surface area contributed by atoms with E-state index in [1.807, 2.05) is 11.7 Å². The van der Waals surface area contributed by atoms with Gasteiger partial charge in [-0.25, -0.2) is 0 Å². The monoisotopic (exact) mass is 269 g/mol. The van der Waals surface area contributed by atoms with Gasteiger partial charge in [-0.05, 0) is 36.3 Å². The Hall–Kier alpha value is -1.61. The predicted octanol–water partition coefficient (Wildman–Crippen LogP) is 3.30. The van der Waals surface area contributed by atoms with Crippen molar-refractivity contribution >= 4 is 0 Å². The first-order valence-electron chi connectivity index (χ1n) is 7.57. The van der Waals surface area contributed by atoms with Gasteiger partial charge in [0.05, 0.1) is 11.7 Å². The summed E-state index contributed by atoms with van der Waals surface area (Å²) in [6, 6.07) is 8.61. The molecule has 1 unspecified atom stereocenters. The van der Waals surface area contributed by atoms with Crippen LogP contribution >= 0.6 is 0 Å². The average Bonchev–Trinajstić information content (AvgIpc) is 2.78. The Morgan fingerprint density at radius 2 is 2.05 bits per heavy atom. The summed E-state index contributed by atoms with van der Waals surface area (Å²) in [7, 11) is 1.97. The standard InChI is InChI=1S/C17H23N3/c1-3-16-15(11-20(2)19-16)17(18)14-10-5-4-9-13(14)12-7-6-8-12/h4-5,9-12,17H,3,6-8,18H2,1-2H3. The lowest BCUT2D eigenvalue weighted by Crippen LogP contribution is -2.19. The fourth-order valence-corrected chi connectivity index (χ4v) is 3.14. The molecule has 1 aromatic carbocycles. The quantitative estimate of drug-likeness (QED) is 0.925. The molecule has 1 atom stereocenters. The first-order chi connectivity index (χ1) is 9.70. The predicted molar refractivity (Wildman–Crippen MR) is 81.7 cm³/mol. The van der Waals surface area contributed by atoms with E-state index in [-0.39, 0.29) is 6.04 Å². The van der Waals surface area contributed by atoms with Crippen molar-refractivity contribution in [2.75, 3.05) is 0 Å². The summed E-state index contributed by atoms with van der Waals surface area (Å²) in [4.78, 5) is 0. The Morgan fingerprint density at radius 3 is 2.70 bits per heavy atom. The number of hydrogen-bond donors (Lipinski definition) is 1. The highest BCUT2D eigenvalue weighted by Crippen LogP contribution is 2.40. The van der Waals surface area contributed by atoms with Crippen molar-refractivity contribution in [3.8, 4) is 0 Å². The van der Waals surface area contributed by atoms with E-state index in [2.05, 4.69) is 42.5 Å². The van der Waals surface area contributed by atoms with Crippen LogP contribution < -0.4 is 5.73 Å². The van der Waals surface area contributed by atoms with Crippen LogP contribution in [0.25, 0.3) is 0 Å². The van der Waals surface area contributed by atoms with Crippen LogP contribution in [0.2, 0.25) is 0 Å². The van der Waals surface area contributed by atoms with Gasteiger partial charge in [0, 0.05) is 18.8 Å². The molecule has 0 radical (unpaired) electrons. The van der Waals surface area contributed by atoms with E-state index in [1.54, 1.807) is 0 Å². The highest BCUT2D eigenvalue weighted by Gasteiger charge is 2.25. The number of benzene rings is 1. The summed E-state index contributed by atoms with van der Waals surface area (Å²) in [5.41, 5.74) is 11.6. The SMILES string of the molecule is CCc1nn(C)cc1C(N)c1ccccc1C1CCC1. The zero-order chi connectivity index (χ0) is 14.1. The Kier molecular flexibility index (Phi) is 3.62. The topological polar surface area (TPSA) is 43.8 Å². The average molecular weight is 269 g/mol. The summed E-state index contributed by atoms with van der Waals surface area (Å²) < 4.78 is 1.87. The third-order valence-corrected chi connectivity index (χ3v) is 4.48. The number of hydrogen-bond acceptors (Lipinski definition) is 2. The van der Waals surface area contributed by atoms with Gasteiger partial charge in [0.15, 0.2) is 0 Å². The molecule has 2 N–H and O–H groups in total. The van der Waals surface area contributed by atoms with Crippen LogP contribution in [0.15, 0.2) is 30.5 Å². The van der Waals surface area contributed by atoms with Crippen molar-refractivity contribution in [1.29, 1.82) is 0 Å². The largest absolute Gasteiger partial charge is 0.320 e. The summed E-state index contributed by atoms with van der Waals surface area (Å²) in [6.07, 6.45) is 6.95. The highest BCUT2D eigenvalue weighted by atomic mass is 15.3. The normalized spacial score (nSPS) is 16.9. The molecule has 106 valence electrons. The summed E-state index contributed by atoms with van der Waals surface area (Å²) >= 11 is 0. The molecule has 0 amide bonds. The lowest BCUT2D eigenvalue weighted by Gasteiger charge is -2.29. The second kappa shape index (κ2) is 5.41. The zero-order valence-electron chi connectivity index (χ0n) is 12.3. The minimum absolute atomic E-state index is 0.0598. The molecule has 3 nitrogen and oxygen atoms in total. The summed E-state index contributed by atoms with van der Waals surface area (Å²) in [6.45, 7) is 2.14. The molecule has 1 aromatic heterocycles. The number of nitrogens with two attached hydrogens (primary N) is 1. The van der Waals surface area contributed by atoms with Gasteiger partial charge in [0.1, 0.15) is 0 Å².